The van der Waals surface area contributed by atoms with Gasteiger partial charge in [-0.2, -0.15) is 0 Å². The van der Waals surface area contributed by atoms with Crippen molar-refractivity contribution in [3.05, 3.63) is 42.3 Å². The number of nitrogens with zero attached hydrogens (tertiary/aromatic N) is 1. The number of rotatable bonds is 5. The van der Waals surface area contributed by atoms with Gasteiger partial charge in [-0.15, -0.1) is 12.4 Å². The average Bonchev–Trinajstić information content (AvgIpc) is 3.10. The lowest BCUT2D eigenvalue weighted by molar-refractivity contribution is -0.146. The first-order chi connectivity index (χ1) is 11.2. The van der Waals surface area contributed by atoms with Crippen LogP contribution >= 0.6 is 12.4 Å². The molecule has 0 bridgehead atoms. The summed E-state index contributed by atoms with van der Waals surface area (Å²) in [5.74, 6) is 0.462. The minimum absolute atomic E-state index is 0. The Kier molecular flexibility index (Phi) is 6.36. The minimum Gasteiger partial charge on any atom is -0.444 e. The van der Waals surface area contributed by atoms with Gasteiger partial charge in [0.1, 0.15) is 11.9 Å². The van der Waals surface area contributed by atoms with Crippen molar-refractivity contribution in [2.24, 2.45) is 0 Å². The fourth-order valence-corrected chi connectivity index (χ4v) is 2.79. The molecule has 1 aromatic heterocycles. The summed E-state index contributed by atoms with van der Waals surface area (Å²) in [5.41, 5.74) is 0.867. The van der Waals surface area contributed by atoms with Crippen LogP contribution in [0.25, 0.3) is 11.5 Å². The number of carbonyl (C=O) groups is 1. The van der Waals surface area contributed by atoms with Crippen LogP contribution in [0.2, 0.25) is 0 Å². The predicted molar refractivity (Wildman–Crippen MR) is 92.9 cm³/mol. The molecule has 24 heavy (non-hydrogen) atoms. The lowest BCUT2D eigenvalue weighted by atomic mass is 9.91. The fourth-order valence-electron chi connectivity index (χ4n) is 2.79. The normalized spacial score (nSPS) is 16.2. The highest BCUT2D eigenvalue weighted by molar-refractivity contribution is 5.85. The van der Waals surface area contributed by atoms with Crippen molar-refractivity contribution < 1.29 is 13.9 Å². The van der Waals surface area contributed by atoms with Crippen LogP contribution in [-0.2, 0) is 16.1 Å². The third-order valence-corrected chi connectivity index (χ3v) is 4.22. The van der Waals surface area contributed by atoms with Crippen LogP contribution in [0.1, 0.15) is 18.5 Å². The van der Waals surface area contributed by atoms with E-state index in [-0.39, 0.29) is 18.3 Å². The molecule has 0 spiro atoms. The smallest absolute Gasteiger partial charge is 0.252 e. The molecule has 1 aliphatic heterocycles. The van der Waals surface area contributed by atoms with Gasteiger partial charge in [0.05, 0.1) is 12.2 Å². The Morgan fingerprint density at radius 2 is 2.04 bits per heavy atom. The Morgan fingerprint density at radius 1 is 1.33 bits per heavy atom. The van der Waals surface area contributed by atoms with E-state index >= 15 is 0 Å². The maximum Gasteiger partial charge on any atom is 0.252 e. The summed E-state index contributed by atoms with van der Waals surface area (Å²) in [7, 11) is 1.59. The Balaban J connectivity index is 0.00000208. The molecule has 130 valence electrons. The average molecular weight is 352 g/mol. The van der Waals surface area contributed by atoms with Crippen LogP contribution in [0.5, 0.6) is 0 Å². The lowest BCUT2D eigenvalue weighted by Crippen LogP contribution is -2.53. The molecular weight excluding hydrogens is 330 g/mol. The monoisotopic (exact) mass is 351 g/mol. The fraction of sp³-hybridized carbons (Fsp3) is 0.412. The van der Waals surface area contributed by atoms with Crippen LogP contribution in [0, 0.1) is 0 Å². The van der Waals surface area contributed by atoms with Gasteiger partial charge in [-0.1, -0.05) is 18.2 Å². The molecule has 0 atom stereocenters. The number of halogens is 1. The summed E-state index contributed by atoms with van der Waals surface area (Å²) < 4.78 is 11.0. The third-order valence-electron chi connectivity index (χ3n) is 4.22. The molecule has 1 amide bonds. The zero-order valence-corrected chi connectivity index (χ0v) is 14.4. The quantitative estimate of drug-likeness (QED) is 0.863. The highest BCUT2D eigenvalue weighted by atomic mass is 35.5. The van der Waals surface area contributed by atoms with E-state index < -0.39 is 5.60 Å². The number of hydrogen-bond donors (Lipinski definition) is 2. The maximum atomic E-state index is 12.5. The first kappa shape index (κ1) is 18.4. The summed E-state index contributed by atoms with van der Waals surface area (Å²) in [5, 5.41) is 6.15. The number of benzene rings is 1. The molecular formula is C17H22ClN3O3. The van der Waals surface area contributed by atoms with Gasteiger partial charge < -0.3 is 19.8 Å². The van der Waals surface area contributed by atoms with E-state index in [9.17, 15) is 4.79 Å². The molecule has 0 radical (unpaired) electrons. The maximum absolute atomic E-state index is 12.5. The predicted octanol–water partition coefficient (Wildman–Crippen LogP) is 2.15. The Bertz CT molecular complexity index is 654. The van der Waals surface area contributed by atoms with E-state index in [1.165, 1.54) is 0 Å². The van der Waals surface area contributed by atoms with Gasteiger partial charge in [0.25, 0.3) is 5.91 Å². The van der Waals surface area contributed by atoms with Crippen molar-refractivity contribution in [3.63, 3.8) is 0 Å². The number of piperidine rings is 1. The molecule has 3 rings (SSSR count). The van der Waals surface area contributed by atoms with Crippen LogP contribution in [0.15, 0.2) is 41.0 Å². The lowest BCUT2D eigenvalue weighted by Gasteiger charge is -2.34. The van der Waals surface area contributed by atoms with E-state index in [4.69, 9.17) is 9.15 Å². The van der Waals surface area contributed by atoms with Gasteiger partial charge >= 0.3 is 0 Å². The molecule has 0 aliphatic carbocycles. The van der Waals surface area contributed by atoms with E-state index in [1.54, 1.807) is 13.4 Å². The van der Waals surface area contributed by atoms with Gasteiger partial charge in [-0.25, -0.2) is 4.98 Å². The van der Waals surface area contributed by atoms with Crippen molar-refractivity contribution >= 4 is 18.3 Å². The van der Waals surface area contributed by atoms with Crippen molar-refractivity contribution in [2.45, 2.75) is 25.0 Å². The molecule has 2 N–H and O–H groups in total. The highest BCUT2D eigenvalue weighted by Gasteiger charge is 2.39. The Morgan fingerprint density at radius 3 is 2.71 bits per heavy atom. The molecule has 1 aromatic carbocycles. The molecule has 6 nitrogen and oxygen atoms in total. The second-order valence-corrected chi connectivity index (χ2v) is 5.64. The first-order valence-corrected chi connectivity index (χ1v) is 7.77. The van der Waals surface area contributed by atoms with Gasteiger partial charge in [-0.3, -0.25) is 4.79 Å². The van der Waals surface area contributed by atoms with Gasteiger partial charge in [0.15, 0.2) is 0 Å². The number of oxazole rings is 1. The number of amides is 1. The number of nitrogens with one attached hydrogen (secondary N) is 2. The summed E-state index contributed by atoms with van der Waals surface area (Å²) in [6, 6.07) is 9.67. The number of methoxy groups -OCH3 is 1. The van der Waals surface area contributed by atoms with Crippen LogP contribution in [-0.4, -0.2) is 36.7 Å². The number of aromatic nitrogens is 1. The van der Waals surface area contributed by atoms with Gasteiger partial charge in [0.2, 0.25) is 5.89 Å². The van der Waals surface area contributed by atoms with E-state index in [0.717, 1.165) is 18.7 Å². The standard InChI is InChI=1S/C17H21N3O3.ClH/c1-22-17(7-9-18-10-8-17)16(21)19-11-14-12-23-15(20-14)13-5-3-2-4-6-13;/h2-6,12,18H,7-11H2,1H3,(H,19,21);1H. The van der Waals surface area contributed by atoms with Crippen molar-refractivity contribution in [2.75, 3.05) is 20.2 Å². The topological polar surface area (TPSA) is 76.4 Å². The van der Waals surface area contributed by atoms with Crippen LogP contribution in [0.3, 0.4) is 0 Å². The van der Waals surface area contributed by atoms with Gasteiger partial charge in [0, 0.05) is 12.7 Å². The third kappa shape index (κ3) is 3.95. The largest absolute Gasteiger partial charge is 0.444 e. The van der Waals surface area contributed by atoms with Crippen LogP contribution in [0.4, 0.5) is 0 Å². The molecule has 2 heterocycles. The summed E-state index contributed by atoms with van der Waals surface area (Å²) in [6.07, 6.45) is 2.91. The van der Waals surface area contributed by atoms with E-state index in [0.29, 0.717) is 31.0 Å². The molecule has 2 aromatic rings. The first-order valence-electron chi connectivity index (χ1n) is 7.77. The second kappa shape index (κ2) is 8.28. The SMILES string of the molecule is COC1(C(=O)NCc2coc(-c3ccccc3)n2)CCNCC1.Cl. The minimum atomic E-state index is -0.739. The summed E-state index contributed by atoms with van der Waals surface area (Å²) >= 11 is 0. The van der Waals surface area contributed by atoms with Crippen molar-refractivity contribution in [1.82, 2.24) is 15.6 Å². The van der Waals surface area contributed by atoms with E-state index in [2.05, 4.69) is 15.6 Å². The zero-order valence-electron chi connectivity index (χ0n) is 13.6. The highest BCUT2D eigenvalue weighted by Crippen LogP contribution is 2.23. The second-order valence-electron chi connectivity index (χ2n) is 5.64. The summed E-state index contributed by atoms with van der Waals surface area (Å²) in [4.78, 5) is 16.9. The molecule has 0 unspecified atom stereocenters. The van der Waals surface area contributed by atoms with Crippen molar-refractivity contribution in [1.29, 1.82) is 0 Å². The molecule has 7 heteroatoms. The molecule has 1 fully saturated rings. The zero-order chi connectivity index (χ0) is 16.1. The molecule has 1 saturated heterocycles. The summed E-state index contributed by atoms with van der Waals surface area (Å²) in [6.45, 7) is 1.89. The number of hydrogen-bond acceptors (Lipinski definition) is 5. The van der Waals surface area contributed by atoms with Crippen LogP contribution < -0.4 is 10.6 Å². The Hall–Kier alpha value is -1.89. The number of carbonyl (C=O) groups excluding carboxylic acids is 1. The van der Waals surface area contributed by atoms with E-state index in [1.807, 2.05) is 30.3 Å². The Labute approximate surface area is 147 Å². The molecule has 0 saturated carbocycles. The van der Waals surface area contributed by atoms with Crippen molar-refractivity contribution in [3.8, 4) is 11.5 Å². The molecule has 1 aliphatic rings. The van der Waals surface area contributed by atoms with Gasteiger partial charge in [-0.05, 0) is 38.1 Å². The number of ether oxygens (including phenoxy) is 1.